The molecule has 2 aromatic rings. The number of nitrogens with one attached hydrogen (secondary N) is 1. The molecule has 0 aliphatic carbocycles. The summed E-state index contributed by atoms with van der Waals surface area (Å²) in [5.41, 5.74) is 4.26. The van der Waals surface area contributed by atoms with E-state index in [1.165, 1.54) is 0 Å². The van der Waals surface area contributed by atoms with Crippen molar-refractivity contribution in [3.63, 3.8) is 0 Å². The number of aryl methyl sites for hydroxylation is 2. The van der Waals surface area contributed by atoms with Crippen molar-refractivity contribution < 1.29 is 0 Å². The van der Waals surface area contributed by atoms with E-state index in [1.807, 2.05) is 26.1 Å². The van der Waals surface area contributed by atoms with Gasteiger partial charge in [-0.2, -0.15) is 0 Å². The third-order valence-electron chi connectivity index (χ3n) is 3.19. The number of aromatic nitrogens is 3. The highest BCUT2D eigenvalue weighted by Gasteiger charge is 2.10. The Hall–Kier alpha value is -1.97. The molecular weight excluding hydrogens is 236 g/mol. The van der Waals surface area contributed by atoms with Crippen molar-refractivity contribution in [3.05, 3.63) is 35.3 Å². The van der Waals surface area contributed by atoms with E-state index in [2.05, 4.69) is 34.1 Å². The molecule has 0 atom stereocenters. The first-order valence-electron chi connectivity index (χ1n) is 6.63. The molecule has 0 aliphatic heterocycles. The molecule has 0 saturated carbocycles. The SMILES string of the molecule is CCCNc1nc(-c2ccncc2C)nc(C)c1C. The standard InChI is InChI=1S/C15H20N4/c1-5-7-17-14-11(3)12(4)18-15(19-14)13-6-8-16-9-10(13)2/h6,8-9H,5,7H2,1-4H3,(H,17,18,19). The van der Waals surface area contributed by atoms with Gasteiger partial charge in [-0.05, 0) is 38.8 Å². The normalized spacial score (nSPS) is 10.5. The van der Waals surface area contributed by atoms with E-state index in [4.69, 9.17) is 0 Å². The summed E-state index contributed by atoms with van der Waals surface area (Å²) >= 11 is 0. The first-order chi connectivity index (χ1) is 9.13. The third kappa shape index (κ3) is 2.89. The molecule has 19 heavy (non-hydrogen) atoms. The van der Waals surface area contributed by atoms with Crippen LogP contribution < -0.4 is 5.32 Å². The van der Waals surface area contributed by atoms with Crippen LogP contribution in [0.2, 0.25) is 0 Å². The zero-order valence-electron chi connectivity index (χ0n) is 12.0. The topological polar surface area (TPSA) is 50.7 Å². The Labute approximate surface area is 114 Å². The minimum absolute atomic E-state index is 0.765. The van der Waals surface area contributed by atoms with E-state index < -0.39 is 0 Å². The summed E-state index contributed by atoms with van der Waals surface area (Å²) in [7, 11) is 0. The van der Waals surface area contributed by atoms with E-state index in [0.717, 1.165) is 47.0 Å². The van der Waals surface area contributed by atoms with Gasteiger partial charge in [0.15, 0.2) is 5.82 Å². The lowest BCUT2D eigenvalue weighted by atomic mass is 10.1. The highest BCUT2D eigenvalue weighted by molar-refractivity contribution is 5.62. The molecule has 0 fully saturated rings. The summed E-state index contributed by atoms with van der Waals surface area (Å²) in [6.07, 6.45) is 4.69. The number of hydrogen-bond donors (Lipinski definition) is 1. The molecule has 0 spiro atoms. The third-order valence-corrected chi connectivity index (χ3v) is 3.19. The number of anilines is 1. The summed E-state index contributed by atoms with van der Waals surface area (Å²) in [6.45, 7) is 9.17. The van der Waals surface area contributed by atoms with Gasteiger partial charge in [0.25, 0.3) is 0 Å². The van der Waals surface area contributed by atoms with Gasteiger partial charge in [-0.3, -0.25) is 4.98 Å². The summed E-state index contributed by atoms with van der Waals surface area (Å²) in [4.78, 5) is 13.4. The van der Waals surface area contributed by atoms with Gasteiger partial charge in [0.2, 0.25) is 0 Å². The second kappa shape index (κ2) is 5.78. The fraction of sp³-hybridized carbons (Fsp3) is 0.400. The maximum Gasteiger partial charge on any atom is 0.162 e. The van der Waals surface area contributed by atoms with E-state index in [0.29, 0.717) is 0 Å². The summed E-state index contributed by atoms with van der Waals surface area (Å²) in [6, 6.07) is 1.96. The minimum Gasteiger partial charge on any atom is -0.370 e. The van der Waals surface area contributed by atoms with Crippen LogP contribution in [0.5, 0.6) is 0 Å². The van der Waals surface area contributed by atoms with Gasteiger partial charge in [0, 0.05) is 35.8 Å². The number of rotatable bonds is 4. The highest BCUT2D eigenvalue weighted by Crippen LogP contribution is 2.23. The molecule has 0 bridgehead atoms. The van der Waals surface area contributed by atoms with Gasteiger partial charge in [-0.25, -0.2) is 9.97 Å². The number of nitrogens with zero attached hydrogens (tertiary/aromatic N) is 3. The Morgan fingerprint density at radius 2 is 1.95 bits per heavy atom. The van der Waals surface area contributed by atoms with Crippen LogP contribution in [-0.4, -0.2) is 21.5 Å². The van der Waals surface area contributed by atoms with E-state index in [9.17, 15) is 0 Å². The maximum atomic E-state index is 4.65. The molecule has 0 saturated heterocycles. The Morgan fingerprint density at radius 3 is 2.63 bits per heavy atom. The smallest absolute Gasteiger partial charge is 0.162 e. The van der Waals surface area contributed by atoms with Crippen LogP contribution in [-0.2, 0) is 0 Å². The zero-order valence-corrected chi connectivity index (χ0v) is 12.0. The molecule has 4 heteroatoms. The van der Waals surface area contributed by atoms with Crippen LogP contribution >= 0.6 is 0 Å². The van der Waals surface area contributed by atoms with Gasteiger partial charge < -0.3 is 5.32 Å². The van der Waals surface area contributed by atoms with Gasteiger partial charge in [-0.15, -0.1) is 0 Å². The van der Waals surface area contributed by atoms with Crippen LogP contribution in [0.15, 0.2) is 18.5 Å². The quantitative estimate of drug-likeness (QED) is 0.912. The molecule has 100 valence electrons. The van der Waals surface area contributed by atoms with Gasteiger partial charge in [0.1, 0.15) is 5.82 Å². The number of hydrogen-bond acceptors (Lipinski definition) is 4. The Kier molecular flexibility index (Phi) is 4.10. The zero-order chi connectivity index (χ0) is 13.8. The molecule has 0 unspecified atom stereocenters. The average molecular weight is 256 g/mol. The maximum absolute atomic E-state index is 4.65. The van der Waals surface area contributed by atoms with Gasteiger partial charge in [-0.1, -0.05) is 6.92 Å². The molecule has 2 heterocycles. The van der Waals surface area contributed by atoms with Crippen molar-refractivity contribution in [2.75, 3.05) is 11.9 Å². The first kappa shape index (κ1) is 13.5. The van der Waals surface area contributed by atoms with Gasteiger partial charge >= 0.3 is 0 Å². The monoisotopic (exact) mass is 256 g/mol. The lowest BCUT2D eigenvalue weighted by molar-refractivity contribution is 0.954. The van der Waals surface area contributed by atoms with Crippen molar-refractivity contribution >= 4 is 5.82 Å². The Bertz CT molecular complexity index is 578. The fourth-order valence-electron chi connectivity index (χ4n) is 1.89. The first-order valence-corrected chi connectivity index (χ1v) is 6.63. The predicted octanol–water partition coefficient (Wildman–Crippen LogP) is 3.29. The molecule has 0 aromatic carbocycles. The second-order valence-electron chi connectivity index (χ2n) is 4.72. The fourth-order valence-corrected chi connectivity index (χ4v) is 1.89. The van der Waals surface area contributed by atoms with Crippen molar-refractivity contribution in [3.8, 4) is 11.4 Å². The predicted molar refractivity (Wildman–Crippen MR) is 78.3 cm³/mol. The molecule has 0 amide bonds. The van der Waals surface area contributed by atoms with Crippen molar-refractivity contribution in [2.24, 2.45) is 0 Å². The van der Waals surface area contributed by atoms with E-state index in [1.54, 1.807) is 6.20 Å². The Morgan fingerprint density at radius 1 is 1.16 bits per heavy atom. The van der Waals surface area contributed by atoms with Gasteiger partial charge in [0.05, 0.1) is 0 Å². The largest absolute Gasteiger partial charge is 0.370 e. The molecule has 0 aliphatic rings. The van der Waals surface area contributed by atoms with Crippen molar-refractivity contribution in [2.45, 2.75) is 34.1 Å². The molecule has 0 radical (unpaired) electrons. The van der Waals surface area contributed by atoms with Crippen molar-refractivity contribution in [1.29, 1.82) is 0 Å². The van der Waals surface area contributed by atoms with Crippen molar-refractivity contribution in [1.82, 2.24) is 15.0 Å². The second-order valence-corrected chi connectivity index (χ2v) is 4.72. The van der Waals surface area contributed by atoms with Crippen LogP contribution in [0, 0.1) is 20.8 Å². The summed E-state index contributed by atoms with van der Waals surface area (Å²) in [5, 5.41) is 3.37. The van der Waals surface area contributed by atoms with Crippen LogP contribution in [0.25, 0.3) is 11.4 Å². The van der Waals surface area contributed by atoms with Crippen LogP contribution in [0.4, 0.5) is 5.82 Å². The summed E-state index contributed by atoms with van der Waals surface area (Å²) < 4.78 is 0. The lowest BCUT2D eigenvalue weighted by Crippen LogP contribution is -2.07. The molecule has 2 rings (SSSR count). The van der Waals surface area contributed by atoms with Crippen LogP contribution in [0.3, 0.4) is 0 Å². The average Bonchev–Trinajstić information content (AvgIpc) is 2.41. The molecule has 4 nitrogen and oxygen atoms in total. The molecule has 1 N–H and O–H groups in total. The van der Waals surface area contributed by atoms with E-state index in [-0.39, 0.29) is 0 Å². The van der Waals surface area contributed by atoms with E-state index >= 15 is 0 Å². The van der Waals surface area contributed by atoms with Crippen LogP contribution in [0.1, 0.15) is 30.2 Å². The highest BCUT2D eigenvalue weighted by atomic mass is 15.0. The Balaban J connectivity index is 2.47. The minimum atomic E-state index is 0.765. The molecule has 2 aromatic heterocycles. The number of pyridine rings is 1. The summed E-state index contributed by atoms with van der Waals surface area (Å²) in [5.74, 6) is 1.70. The lowest BCUT2D eigenvalue weighted by Gasteiger charge is -2.12. The molecular formula is C15H20N4.